The third-order valence-electron chi connectivity index (χ3n) is 4.73. The predicted octanol–water partition coefficient (Wildman–Crippen LogP) is 4.62. The second-order valence-electron chi connectivity index (χ2n) is 7.31. The number of benzene rings is 2. The minimum absolute atomic E-state index is 0.0515. The fourth-order valence-electron chi connectivity index (χ4n) is 3.15. The Labute approximate surface area is 195 Å². The maximum atomic E-state index is 12.0. The molecule has 2 rings (SSSR count). The number of rotatable bonds is 14. The van der Waals surface area contributed by atoms with Crippen molar-refractivity contribution in [2.45, 2.75) is 52.4 Å². The van der Waals surface area contributed by atoms with Gasteiger partial charge < -0.3 is 19.9 Å². The molecule has 0 saturated carbocycles. The number of hydrazone groups is 1. The van der Waals surface area contributed by atoms with E-state index in [2.05, 4.69) is 15.8 Å². The topological polar surface area (TPSA) is 109 Å². The van der Waals surface area contributed by atoms with Gasteiger partial charge in [0.1, 0.15) is 5.75 Å². The van der Waals surface area contributed by atoms with E-state index in [1.807, 2.05) is 32.0 Å². The Balaban J connectivity index is 1.65. The highest BCUT2D eigenvalue weighted by atomic mass is 16.5. The number of carbonyl (C=O) groups excluding carboxylic acids is 2. The summed E-state index contributed by atoms with van der Waals surface area (Å²) in [4.78, 5) is 24.0. The molecule has 178 valence electrons. The summed E-state index contributed by atoms with van der Waals surface area (Å²) in [6.07, 6.45) is 5.39. The van der Waals surface area contributed by atoms with Gasteiger partial charge in [0.2, 0.25) is 11.8 Å². The number of unbranched alkanes of at least 4 members (excludes halogenated alkanes) is 3. The molecule has 0 spiro atoms. The maximum Gasteiger partial charge on any atom is 0.240 e. The fourth-order valence-corrected chi connectivity index (χ4v) is 3.15. The molecule has 0 heterocycles. The van der Waals surface area contributed by atoms with E-state index >= 15 is 0 Å². The highest BCUT2D eigenvalue weighted by Gasteiger charge is 2.09. The smallest absolute Gasteiger partial charge is 0.240 e. The van der Waals surface area contributed by atoms with Crippen molar-refractivity contribution < 1.29 is 24.2 Å². The summed E-state index contributed by atoms with van der Waals surface area (Å²) in [5, 5.41) is 16.4. The van der Waals surface area contributed by atoms with Crippen molar-refractivity contribution in [3.63, 3.8) is 0 Å². The second kappa shape index (κ2) is 14.5. The van der Waals surface area contributed by atoms with Gasteiger partial charge >= 0.3 is 0 Å². The minimum Gasteiger partial charge on any atom is -0.506 e. The van der Waals surface area contributed by atoms with Crippen molar-refractivity contribution in [1.82, 2.24) is 5.43 Å². The number of anilines is 1. The Kier molecular flexibility index (Phi) is 11.3. The van der Waals surface area contributed by atoms with Crippen LogP contribution in [-0.4, -0.2) is 36.3 Å². The molecule has 0 radical (unpaired) electrons. The molecule has 0 bridgehead atoms. The molecule has 0 aliphatic rings. The molecule has 8 nitrogen and oxygen atoms in total. The monoisotopic (exact) mass is 455 g/mol. The first-order chi connectivity index (χ1) is 16.0. The molecule has 0 fully saturated rings. The number of aromatic hydroxyl groups is 1. The lowest BCUT2D eigenvalue weighted by molar-refractivity contribution is -0.121. The predicted molar refractivity (Wildman–Crippen MR) is 129 cm³/mol. The summed E-state index contributed by atoms with van der Waals surface area (Å²) in [6.45, 7) is 4.82. The molecule has 0 saturated heterocycles. The van der Waals surface area contributed by atoms with Crippen LogP contribution in [0.1, 0.15) is 57.9 Å². The van der Waals surface area contributed by atoms with Crippen LogP contribution >= 0.6 is 0 Å². The van der Waals surface area contributed by atoms with Crippen molar-refractivity contribution >= 4 is 23.7 Å². The standard InChI is InChI=1S/C25H33N3O5/c1-3-32-22-15-11-12-19(25(22)33-4-2)18-26-28-24(31)17-8-6-5-7-16-23(30)27-20-13-9-10-14-21(20)29/h9-15,18,29H,3-8,16-17H2,1-2H3,(H,27,30)(H,28,31). The largest absolute Gasteiger partial charge is 0.506 e. The third kappa shape index (κ3) is 9.22. The molecule has 0 unspecified atom stereocenters. The molecule has 2 aromatic rings. The van der Waals surface area contributed by atoms with Crippen LogP contribution in [0, 0.1) is 0 Å². The average molecular weight is 456 g/mol. The van der Waals surface area contributed by atoms with Gasteiger partial charge in [-0.25, -0.2) is 5.43 Å². The number of hydrogen-bond donors (Lipinski definition) is 3. The van der Waals surface area contributed by atoms with Gasteiger partial charge in [-0.05, 0) is 51.0 Å². The number of nitrogens with zero attached hydrogens (tertiary/aromatic N) is 1. The molecule has 2 amide bonds. The zero-order chi connectivity index (χ0) is 23.9. The maximum absolute atomic E-state index is 12.0. The lowest BCUT2D eigenvalue weighted by atomic mass is 10.1. The van der Waals surface area contributed by atoms with Crippen LogP contribution in [0.4, 0.5) is 5.69 Å². The summed E-state index contributed by atoms with van der Waals surface area (Å²) >= 11 is 0. The number of carbonyl (C=O) groups is 2. The van der Waals surface area contributed by atoms with Gasteiger partial charge in [0.25, 0.3) is 0 Å². The lowest BCUT2D eigenvalue weighted by Gasteiger charge is -2.12. The number of para-hydroxylation sites is 3. The Morgan fingerprint density at radius 3 is 2.30 bits per heavy atom. The van der Waals surface area contributed by atoms with Crippen LogP contribution in [0.15, 0.2) is 47.6 Å². The van der Waals surface area contributed by atoms with Crippen LogP contribution in [0.2, 0.25) is 0 Å². The van der Waals surface area contributed by atoms with E-state index in [-0.39, 0.29) is 17.6 Å². The van der Waals surface area contributed by atoms with Gasteiger partial charge in [-0.2, -0.15) is 5.10 Å². The second-order valence-corrected chi connectivity index (χ2v) is 7.31. The van der Waals surface area contributed by atoms with Gasteiger partial charge in [0, 0.05) is 18.4 Å². The number of phenols is 1. The van der Waals surface area contributed by atoms with Crippen LogP contribution in [0.5, 0.6) is 17.2 Å². The van der Waals surface area contributed by atoms with Crippen LogP contribution < -0.4 is 20.2 Å². The van der Waals surface area contributed by atoms with E-state index in [4.69, 9.17) is 9.47 Å². The number of hydrogen-bond acceptors (Lipinski definition) is 6. The summed E-state index contributed by atoms with van der Waals surface area (Å²) in [6, 6.07) is 12.2. The van der Waals surface area contributed by atoms with E-state index in [0.717, 1.165) is 24.8 Å². The average Bonchev–Trinajstić information content (AvgIpc) is 2.80. The first kappa shape index (κ1) is 25.7. The Hall–Kier alpha value is -3.55. The van der Waals surface area contributed by atoms with Gasteiger partial charge in [-0.15, -0.1) is 0 Å². The first-order valence-corrected chi connectivity index (χ1v) is 11.3. The number of phenolic OH excluding ortho intramolecular Hbond substituents is 1. The molecular weight excluding hydrogens is 422 g/mol. The van der Waals surface area contributed by atoms with Crippen molar-refractivity contribution in [3.05, 3.63) is 48.0 Å². The van der Waals surface area contributed by atoms with Gasteiger partial charge in [-0.3, -0.25) is 9.59 Å². The molecular formula is C25H33N3O5. The van der Waals surface area contributed by atoms with Gasteiger partial charge in [0.15, 0.2) is 11.5 Å². The molecule has 0 aromatic heterocycles. The molecule has 8 heteroatoms. The Morgan fingerprint density at radius 1 is 0.909 bits per heavy atom. The SMILES string of the molecule is CCOc1cccc(C=NNC(=O)CCCCCCC(=O)Nc2ccccc2O)c1OCC. The zero-order valence-corrected chi connectivity index (χ0v) is 19.3. The van der Waals surface area contributed by atoms with Gasteiger partial charge in [-0.1, -0.05) is 31.0 Å². The fraction of sp³-hybridized carbons (Fsp3) is 0.400. The van der Waals surface area contributed by atoms with E-state index < -0.39 is 0 Å². The van der Waals surface area contributed by atoms with Crippen molar-refractivity contribution in [1.29, 1.82) is 0 Å². The van der Waals surface area contributed by atoms with Gasteiger partial charge in [0.05, 0.1) is 25.1 Å². The minimum atomic E-state index is -0.164. The van der Waals surface area contributed by atoms with Crippen LogP contribution in [0.25, 0.3) is 0 Å². The van der Waals surface area contributed by atoms with Crippen molar-refractivity contribution in [2.24, 2.45) is 5.10 Å². The molecule has 3 N–H and O–H groups in total. The summed E-state index contributed by atoms with van der Waals surface area (Å²) in [5.41, 5.74) is 3.68. The molecule has 0 atom stereocenters. The third-order valence-corrected chi connectivity index (χ3v) is 4.73. The van der Waals surface area contributed by atoms with Crippen LogP contribution in [0.3, 0.4) is 0 Å². The first-order valence-electron chi connectivity index (χ1n) is 11.3. The van der Waals surface area contributed by atoms with E-state index in [9.17, 15) is 14.7 Å². The molecule has 33 heavy (non-hydrogen) atoms. The Bertz CT molecular complexity index is 930. The molecule has 0 aliphatic heterocycles. The van der Waals surface area contributed by atoms with E-state index in [1.54, 1.807) is 24.4 Å². The lowest BCUT2D eigenvalue weighted by Crippen LogP contribution is -2.17. The highest BCUT2D eigenvalue weighted by molar-refractivity contribution is 5.92. The molecule has 0 aliphatic carbocycles. The normalized spacial score (nSPS) is 10.7. The Morgan fingerprint density at radius 2 is 1.61 bits per heavy atom. The zero-order valence-electron chi connectivity index (χ0n) is 19.3. The quantitative estimate of drug-likeness (QED) is 0.167. The highest BCUT2D eigenvalue weighted by Crippen LogP contribution is 2.30. The van der Waals surface area contributed by atoms with E-state index in [1.165, 1.54) is 6.07 Å². The van der Waals surface area contributed by atoms with Crippen LogP contribution in [-0.2, 0) is 9.59 Å². The summed E-state index contributed by atoms with van der Waals surface area (Å²) < 4.78 is 11.2. The number of amides is 2. The number of nitrogens with one attached hydrogen (secondary N) is 2. The number of ether oxygens (including phenoxy) is 2. The summed E-state index contributed by atoms with van der Waals surface area (Å²) in [7, 11) is 0. The van der Waals surface area contributed by atoms with Crippen molar-refractivity contribution in [3.8, 4) is 17.2 Å². The molecule has 2 aromatic carbocycles. The van der Waals surface area contributed by atoms with Crippen molar-refractivity contribution in [2.75, 3.05) is 18.5 Å². The van der Waals surface area contributed by atoms with E-state index in [0.29, 0.717) is 49.7 Å². The summed E-state index contributed by atoms with van der Waals surface area (Å²) in [5.74, 6) is 0.997.